The van der Waals surface area contributed by atoms with Gasteiger partial charge in [0.15, 0.2) is 0 Å². The number of aromatic nitrogens is 2. The zero-order valence-electron chi connectivity index (χ0n) is 11.2. The normalized spacial score (nSPS) is 18.4. The highest BCUT2D eigenvalue weighted by molar-refractivity contribution is 5.06. The topological polar surface area (TPSA) is 49.9 Å². The first kappa shape index (κ1) is 12.6. The fraction of sp³-hybridized carbons (Fsp3) is 0.769. The molecule has 17 heavy (non-hydrogen) atoms. The molecular formula is C13H23N3O. The number of methoxy groups -OCH3 is 1. The van der Waals surface area contributed by atoms with Gasteiger partial charge in [-0.15, -0.1) is 0 Å². The Morgan fingerprint density at radius 3 is 2.76 bits per heavy atom. The van der Waals surface area contributed by atoms with Crippen LogP contribution in [0, 0.1) is 5.92 Å². The summed E-state index contributed by atoms with van der Waals surface area (Å²) in [5, 5.41) is 3.44. The van der Waals surface area contributed by atoms with E-state index in [1.807, 2.05) is 6.20 Å². The van der Waals surface area contributed by atoms with Gasteiger partial charge in [-0.2, -0.15) is 0 Å². The van der Waals surface area contributed by atoms with Crippen molar-refractivity contribution in [2.75, 3.05) is 7.11 Å². The van der Waals surface area contributed by atoms with Crippen molar-refractivity contribution >= 4 is 0 Å². The summed E-state index contributed by atoms with van der Waals surface area (Å²) in [6.07, 6.45) is 4.57. The molecule has 1 aromatic rings. The molecule has 1 atom stereocenters. The van der Waals surface area contributed by atoms with Gasteiger partial charge >= 0.3 is 0 Å². The molecule has 1 aromatic heterocycles. The Labute approximate surface area is 103 Å². The zero-order valence-corrected chi connectivity index (χ0v) is 11.2. The maximum Gasteiger partial charge on any atom is 0.135 e. The van der Waals surface area contributed by atoms with E-state index < -0.39 is 0 Å². The average molecular weight is 237 g/mol. The van der Waals surface area contributed by atoms with E-state index in [0.29, 0.717) is 5.92 Å². The van der Waals surface area contributed by atoms with Crippen LogP contribution >= 0.6 is 0 Å². The van der Waals surface area contributed by atoms with Gasteiger partial charge in [-0.3, -0.25) is 0 Å². The van der Waals surface area contributed by atoms with Crippen molar-refractivity contribution in [1.82, 2.24) is 15.3 Å². The summed E-state index contributed by atoms with van der Waals surface area (Å²) in [4.78, 5) is 7.79. The number of rotatable bonds is 5. The summed E-state index contributed by atoms with van der Waals surface area (Å²) >= 11 is 0. The van der Waals surface area contributed by atoms with Crippen molar-refractivity contribution in [2.45, 2.75) is 51.8 Å². The largest absolute Gasteiger partial charge is 0.373 e. The maximum absolute atomic E-state index is 5.50. The number of imidazole rings is 1. The smallest absolute Gasteiger partial charge is 0.135 e. The van der Waals surface area contributed by atoms with Crippen LogP contribution in [0.3, 0.4) is 0 Å². The van der Waals surface area contributed by atoms with Gasteiger partial charge in [0.1, 0.15) is 11.9 Å². The molecule has 0 aliphatic heterocycles. The van der Waals surface area contributed by atoms with Crippen LogP contribution in [0.15, 0.2) is 6.20 Å². The summed E-state index contributed by atoms with van der Waals surface area (Å²) < 4.78 is 5.50. The standard InChI is InChI=1S/C13H23N3O/c1-13(2,3)15-8-10-7-14-12(16-10)11(17-4)9-5-6-9/h7,9,11,15H,5-6,8H2,1-4H3,(H,14,16). The van der Waals surface area contributed by atoms with E-state index in [0.717, 1.165) is 18.1 Å². The van der Waals surface area contributed by atoms with E-state index in [2.05, 4.69) is 36.1 Å². The fourth-order valence-corrected chi connectivity index (χ4v) is 1.90. The Morgan fingerprint density at radius 2 is 2.24 bits per heavy atom. The van der Waals surface area contributed by atoms with Gasteiger partial charge in [0.2, 0.25) is 0 Å². The van der Waals surface area contributed by atoms with Crippen molar-refractivity contribution in [1.29, 1.82) is 0 Å². The Bertz CT molecular complexity index is 363. The van der Waals surface area contributed by atoms with Crippen molar-refractivity contribution in [3.63, 3.8) is 0 Å². The lowest BCUT2D eigenvalue weighted by Gasteiger charge is -2.19. The third kappa shape index (κ3) is 3.54. The Kier molecular flexibility index (Phi) is 3.54. The van der Waals surface area contributed by atoms with Gasteiger partial charge in [-0.05, 0) is 39.5 Å². The van der Waals surface area contributed by atoms with E-state index in [9.17, 15) is 0 Å². The first-order chi connectivity index (χ1) is 7.99. The van der Waals surface area contributed by atoms with Gasteiger partial charge in [0.05, 0.1) is 0 Å². The molecule has 1 aliphatic rings. The number of H-pyrrole nitrogens is 1. The molecule has 4 heteroatoms. The summed E-state index contributed by atoms with van der Waals surface area (Å²) in [6.45, 7) is 7.29. The number of aromatic amines is 1. The number of hydrogen-bond acceptors (Lipinski definition) is 3. The number of nitrogens with one attached hydrogen (secondary N) is 2. The molecule has 96 valence electrons. The second-order valence-electron chi connectivity index (χ2n) is 5.89. The molecule has 1 saturated carbocycles. The average Bonchev–Trinajstić information content (AvgIpc) is 2.95. The minimum Gasteiger partial charge on any atom is -0.373 e. The summed E-state index contributed by atoms with van der Waals surface area (Å²) in [6, 6.07) is 0. The second-order valence-corrected chi connectivity index (χ2v) is 5.89. The van der Waals surface area contributed by atoms with Crippen LogP contribution in [-0.2, 0) is 11.3 Å². The van der Waals surface area contributed by atoms with E-state index in [4.69, 9.17) is 4.74 Å². The molecular weight excluding hydrogens is 214 g/mol. The van der Waals surface area contributed by atoms with Gasteiger partial charge < -0.3 is 15.0 Å². The third-order valence-corrected chi connectivity index (χ3v) is 3.03. The van der Waals surface area contributed by atoms with Gasteiger partial charge in [-0.1, -0.05) is 0 Å². The molecule has 0 aromatic carbocycles. The van der Waals surface area contributed by atoms with Gasteiger partial charge in [0, 0.05) is 31.1 Å². The third-order valence-electron chi connectivity index (χ3n) is 3.03. The lowest BCUT2D eigenvalue weighted by Crippen LogP contribution is -2.35. The lowest BCUT2D eigenvalue weighted by molar-refractivity contribution is 0.0778. The Hall–Kier alpha value is -0.870. The summed E-state index contributed by atoms with van der Waals surface area (Å²) in [5.74, 6) is 1.63. The number of hydrogen-bond donors (Lipinski definition) is 2. The van der Waals surface area contributed by atoms with Gasteiger partial charge in [-0.25, -0.2) is 4.98 Å². The molecule has 0 bridgehead atoms. The molecule has 0 spiro atoms. The highest BCUT2D eigenvalue weighted by atomic mass is 16.5. The predicted octanol–water partition coefficient (Wildman–Crippen LogP) is 2.40. The SMILES string of the molecule is COC(c1ncc(CNC(C)(C)C)[nH]1)C1CC1. The first-order valence-corrected chi connectivity index (χ1v) is 6.31. The second kappa shape index (κ2) is 4.78. The van der Waals surface area contributed by atoms with Crippen LogP contribution in [0.25, 0.3) is 0 Å². The first-order valence-electron chi connectivity index (χ1n) is 6.31. The minimum atomic E-state index is 0.127. The van der Waals surface area contributed by atoms with Crippen LogP contribution < -0.4 is 5.32 Å². The minimum absolute atomic E-state index is 0.127. The van der Waals surface area contributed by atoms with Crippen molar-refractivity contribution < 1.29 is 4.74 Å². The summed E-state index contributed by atoms with van der Waals surface area (Å²) in [7, 11) is 1.76. The highest BCUT2D eigenvalue weighted by Gasteiger charge is 2.34. The Morgan fingerprint density at radius 1 is 1.53 bits per heavy atom. The van der Waals surface area contributed by atoms with E-state index >= 15 is 0 Å². The molecule has 1 heterocycles. The quantitative estimate of drug-likeness (QED) is 0.826. The zero-order chi connectivity index (χ0) is 12.5. The molecule has 2 rings (SSSR count). The lowest BCUT2D eigenvalue weighted by atomic mass is 10.1. The molecule has 0 amide bonds. The summed E-state index contributed by atoms with van der Waals surface area (Å²) in [5.41, 5.74) is 1.25. The van der Waals surface area contributed by atoms with E-state index in [1.54, 1.807) is 7.11 Å². The Balaban J connectivity index is 1.95. The van der Waals surface area contributed by atoms with E-state index in [-0.39, 0.29) is 11.6 Å². The van der Waals surface area contributed by atoms with Crippen LogP contribution in [0.2, 0.25) is 0 Å². The predicted molar refractivity (Wildman–Crippen MR) is 67.7 cm³/mol. The maximum atomic E-state index is 5.50. The molecule has 0 radical (unpaired) electrons. The van der Waals surface area contributed by atoms with E-state index in [1.165, 1.54) is 12.8 Å². The molecule has 2 N–H and O–H groups in total. The molecule has 4 nitrogen and oxygen atoms in total. The number of nitrogens with zero attached hydrogens (tertiary/aromatic N) is 1. The van der Waals surface area contributed by atoms with Crippen LogP contribution in [0.4, 0.5) is 0 Å². The van der Waals surface area contributed by atoms with Crippen molar-refractivity contribution in [2.24, 2.45) is 5.92 Å². The highest BCUT2D eigenvalue weighted by Crippen LogP contribution is 2.41. The van der Waals surface area contributed by atoms with Crippen LogP contribution in [0.1, 0.15) is 51.2 Å². The molecule has 1 aliphatic carbocycles. The molecule has 1 unspecified atom stereocenters. The fourth-order valence-electron chi connectivity index (χ4n) is 1.90. The van der Waals surface area contributed by atoms with Crippen LogP contribution in [0.5, 0.6) is 0 Å². The van der Waals surface area contributed by atoms with Crippen molar-refractivity contribution in [3.8, 4) is 0 Å². The molecule has 1 fully saturated rings. The van der Waals surface area contributed by atoms with Crippen LogP contribution in [-0.4, -0.2) is 22.6 Å². The van der Waals surface area contributed by atoms with Crippen molar-refractivity contribution in [3.05, 3.63) is 17.7 Å². The molecule has 0 saturated heterocycles. The number of ether oxygens (including phenoxy) is 1. The van der Waals surface area contributed by atoms with Gasteiger partial charge in [0.25, 0.3) is 0 Å². The monoisotopic (exact) mass is 237 g/mol.